The molecule has 1 aromatic carbocycles. The molecule has 1 aromatic heterocycles. The van der Waals surface area contributed by atoms with Crippen LogP contribution in [0.15, 0.2) is 12.1 Å². The highest BCUT2D eigenvalue weighted by Gasteiger charge is 2.38. The molecule has 2 aliphatic rings. The molecule has 0 aliphatic heterocycles. The molecule has 5 heteroatoms. The van der Waals surface area contributed by atoms with E-state index in [4.69, 9.17) is 16.4 Å². The van der Waals surface area contributed by atoms with E-state index in [-0.39, 0.29) is 6.61 Å². The van der Waals surface area contributed by atoms with Crippen LogP contribution in [0.2, 0.25) is 0 Å². The van der Waals surface area contributed by atoms with Crippen LogP contribution in [0.4, 0.5) is 5.69 Å². The van der Waals surface area contributed by atoms with Crippen molar-refractivity contribution in [3.05, 3.63) is 46.1 Å². The third-order valence-corrected chi connectivity index (χ3v) is 5.01. The Morgan fingerprint density at radius 3 is 2.36 bits per heavy atom. The van der Waals surface area contributed by atoms with Gasteiger partial charge in [-0.25, -0.2) is 4.85 Å². The molecule has 130 valence electrons. The lowest BCUT2D eigenvalue weighted by Gasteiger charge is -2.12. The van der Waals surface area contributed by atoms with Crippen molar-refractivity contribution in [3.8, 4) is 11.5 Å². The van der Waals surface area contributed by atoms with Gasteiger partial charge in [0, 0.05) is 11.8 Å². The van der Waals surface area contributed by atoms with Gasteiger partial charge in [-0.3, -0.25) is 4.68 Å². The van der Waals surface area contributed by atoms with Crippen LogP contribution in [0, 0.1) is 20.4 Å². The molecule has 1 N–H and O–H groups in total. The Morgan fingerprint density at radius 1 is 1.20 bits per heavy atom. The Bertz CT molecular complexity index is 832. The largest absolute Gasteiger partial charge is 0.454 e. The third-order valence-electron chi connectivity index (χ3n) is 5.01. The Balaban J connectivity index is 1.76. The van der Waals surface area contributed by atoms with Crippen LogP contribution in [-0.4, -0.2) is 21.5 Å². The van der Waals surface area contributed by atoms with E-state index >= 15 is 0 Å². The SMILES string of the molecule is [C-]#[N+]c1c(C)cc(Oc2c(C3CC3)nn(CCO)c2C2CC2)cc1C. The molecule has 0 saturated heterocycles. The van der Waals surface area contributed by atoms with E-state index in [0.717, 1.165) is 59.7 Å². The van der Waals surface area contributed by atoms with E-state index in [9.17, 15) is 5.11 Å². The molecular formula is C20H23N3O2. The molecule has 0 radical (unpaired) electrons. The van der Waals surface area contributed by atoms with E-state index in [1.165, 1.54) is 0 Å². The summed E-state index contributed by atoms with van der Waals surface area (Å²) in [6, 6.07) is 3.88. The first-order valence-electron chi connectivity index (χ1n) is 9.00. The molecule has 2 aliphatic carbocycles. The van der Waals surface area contributed by atoms with Gasteiger partial charge < -0.3 is 9.84 Å². The van der Waals surface area contributed by atoms with Gasteiger partial charge in [0.1, 0.15) is 11.4 Å². The molecular weight excluding hydrogens is 314 g/mol. The fraction of sp³-hybridized carbons (Fsp3) is 0.500. The van der Waals surface area contributed by atoms with E-state index in [2.05, 4.69) is 4.85 Å². The summed E-state index contributed by atoms with van der Waals surface area (Å²) in [5.74, 6) is 2.64. The minimum absolute atomic E-state index is 0.0862. The van der Waals surface area contributed by atoms with Crippen molar-refractivity contribution < 1.29 is 9.84 Å². The lowest BCUT2D eigenvalue weighted by atomic mass is 10.1. The first-order chi connectivity index (χ1) is 12.1. The van der Waals surface area contributed by atoms with Gasteiger partial charge in [-0.15, -0.1) is 0 Å². The van der Waals surface area contributed by atoms with E-state index in [1.807, 2.05) is 30.7 Å². The van der Waals surface area contributed by atoms with Crippen LogP contribution in [0.5, 0.6) is 11.5 Å². The van der Waals surface area contributed by atoms with Gasteiger partial charge in [0.2, 0.25) is 0 Å². The lowest BCUT2D eigenvalue weighted by Crippen LogP contribution is -2.08. The normalized spacial score (nSPS) is 16.7. The van der Waals surface area contributed by atoms with Crippen molar-refractivity contribution >= 4 is 5.69 Å². The highest BCUT2D eigenvalue weighted by Crippen LogP contribution is 2.52. The lowest BCUT2D eigenvalue weighted by molar-refractivity contribution is 0.266. The van der Waals surface area contributed by atoms with Crippen LogP contribution >= 0.6 is 0 Å². The highest BCUT2D eigenvalue weighted by atomic mass is 16.5. The molecule has 0 bridgehead atoms. The second-order valence-corrected chi connectivity index (χ2v) is 7.21. The summed E-state index contributed by atoms with van der Waals surface area (Å²) in [5, 5.41) is 14.2. The number of hydrogen-bond donors (Lipinski definition) is 1. The maximum absolute atomic E-state index is 9.39. The van der Waals surface area contributed by atoms with Gasteiger partial charge in [0.25, 0.3) is 0 Å². The van der Waals surface area contributed by atoms with Gasteiger partial charge >= 0.3 is 0 Å². The van der Waals surface area contributed by atoms with Crippen molar-refractivity contribution in [1.82, 2.24) is 9.78 Å². The number of hydrogen-bond acceptors (Lipinski definition) is 3. The molecule has 0 unspecified atom stereocenters. The number of aliphatic hydroxyl groups excluding tert-OH is 1. The maximum Gasteiger partial charge on any atom is 0.193 e. The topological polar surface area (TPSA) is 51.6 Å². The molecule has 0 spiro atoms. The van der Waals surface area contributed by atoms with Crippen LogP contribution in [0.1, 0.15) is 60.0 Å². The van der Waals surface area contributed by atoms with Gasteiger partial charge in [0.05, 0.1) is 25.4 Å². The summed E-state index contributed by atoms with van der Waals surface area (Å²) < 4.78 is 8.32. The van der Waals surface area contributed by atoms with Gasteiger partial charge in [-0.1, -0.05) is 0 Å². The third kappa shape index (κ3) is 3.03. The number of aromatic nitrogens is 2. The fourth-order valence-corrected chi connectivity index (χ4v) is 3.49. The summed E-state index contributed by atoms with van der Waals surface area (Å²) in [7, 11) is 0. The zero-order chi connectivity index (χ0) is 17.6. The second kappa shape index (κ2) is 6.20. The molecule has 25 heavy (non-hydrogen) atoms. The molecule has 5 nitrogen and oxygen atoms in total. The number of ether oxygens (including phenoxy) is 1. The average molecular weight is 337 g/mol. The first kappa shape index (κ1) is 16.2. The summed E-state index contributed by atoms with van der Waals surface area (Å²) >= 11 is 0. The zero-order valence-electron chi connectivity index (χ0n) is 14.7. The minimum atomic E-state index is 0.0862. The minimum Gasteiger partial charge on any atom is -0.454 e. The van der Waals surface area contributed by atoms with Gasteiger partial charge in [-0.2, -0.15) is 5.10 Å². The number of aryl methyl sites for hydroxylation is 2. The summed E-state index contributed by atoms with van der Waals surface area (Å²) in [5.41, 5.74) is 4.76. The van der Waals surface area contributed by atoms with Gasteiger partial charge in [0.15, 0.2) is 11.4 Å². The van der Waals surface area contributed by atoms with Crippen molar-refractivity contribution in [2.45, 2.75) is 57.9 Å². The summed E-state index contributed by atoms with van der Waals surface area (Å²) in [6.07, 6.45) is 4.63. The zero-order valence-corrected chi connectivity index (χ0v) is 14.7. The van der Waals surface area contributed by atoms with E-state index in [1.54, 1.807) is 0 Å². The Kier molecular flexibility index (Phi) is 4.01. The highest BCUT2D eigenvalue weighted by molar-refractivity contribution is 5.61. The number of nitrogens with zero attached hydrogens (tertiary/aromatic N) is 3. The molecule has 0 atom stereocenters. The number of aliphatic hydroxyl groups is 1. The van der Waals surface area contributed by atoms with Crippen LogP contribution in [0.25, 0.3) is 4.85 Å². The quantitative estimate of drug-likeness (QED) is 0.784. The first-order valence-corrected chi connectivity index (χ1v) is 9.00. The molecule has 4 rings (SSSR count). The average Bonchev–Trinajstić information content (AvgIpc) is 3.47. The standard InChI is InChI=1S/C20H23N3O2/c1-12-10-16(11-13(2)17(12)21-3)25-20-18(14-4-5-14)22-23(8-9-24)19(20)15-6-7-15/h10-11,14-15,24H,4-9H2,1-2H3. The molecule has 2 aromatic rings. The maximum atomic E-state index is 9.39. The summed E-state index contributed by atoms with van der Waals surface area (Å²) in [4.78, 5) is 3.61. The second-order valence-electron chi connectivity index (χ2n) is 7.21. The predicted octanol–water partition coefficient (Wildman–Crippen LogP) is 4.59. The van der Waals surface area contributed by atoms with E-state index < -0.39 is 0 Å². The summed E-state index contributed by atoms with van der Waals surface area (Å²) in [6.45, 7) is 11.8. The fourth-order valence-electron chi connectivity index (χ4n) is 3.49. The monoisotopic (exact) mass is 337 g/mol. The van der Waals surface area contributed by atoms with Crippen molar-refractivity contribution in [3.63, 3.8) is 0 Å². The van der Waals surface area contributed by atoms with Gasteiger partial charge in [-0.05, 0) is 62.8 Å². The Morgan fingerprint density at radius 2 is 1.84 bits per heavy atom. The molecule has 1 heterocycles. The van der Waals surface area contributed by atoms with Crippen molar-refractivity contribution in [2.75, 3.05) is 6.61 Å². The van der Waals surface area contributed by atoms with Crippen molar-refractivity contribution in [2.24, 2.45) is 0 Å². The Labute approximate surface area is 148 Å². The molecule has 2 saturated carbocycles. The van der Waals surface area contributed by atoms with Crippen LogP contribution in [0.3, 0.4) is 0 Å². The Hall–Kier alpha value is -2.32. The van der Waals surface area contributed by atoms with Crippen molar-refractivity contribution in [1.29, 1.82) is 0 Å². The number of rotatable bonds is 6. The van der Waals surface area contributed by atoms with Crippen LogP contribution in [-0.2, 0) is 6.54 Å². The van der Waals surface area contributed by atoms with Crippen LogP contribution < -0.4 is 4.74 Å². The predicted molar refractivity (Wildman–Crippen MR) is 95.5 cm³/mol. The van der Waals surface area contributed by atoms with E-state index in [0.29, 0.717) is 24.1 Å². The molecule has 0 amide bonds. The molecule has 2 fully saturated rings. The smallest absolute Gasteiger partial charge is 0.193 e. The number of benzene rings is 1.